The maximum atomic E-state index is 11.3. The highest BCUT2D eigenvalue weighted by molar-refractivity contribution is 5.89. The van der Waals surface area contributed by atoms with Gasteiger partial charge in [0.25, 0.3) is 0 Å². The first kappa shape index (κ1) is 48.5. The molecule has 0 aromatic heterocycles. The van der Waals surface area contributed by atoms with Crippen molar-refractivity contribution in [3.05, 3.63) is 46.3 Å². The highest BCUT2D eigenvalue weighted by Gasteiger charge is 2.19. The summed E-state index contributed by atoms with van der Waals surface area (Å²) < 4.78 is 25.9. The summed E-state index contributed by atoms with van der Waals surface area (Å²) in [5.74, 6) is -0.619. The van der Waals surface area contributed by atoms with Gasteiger partial charge in [0.1, 0.15) is 11.2 Å². The van der Waals surface area contributed by atoms with Crippen LogP contribution >= 0.6 is 0 Å². The van der Waals surface area contributed by atoms with E-state index in [1.807, 2.05) is 90.0 Å². The molecule has 0 aliphatic carbocycles. The standard InChI is InChI=1S/C10H18O2.C10H20O.C9H16O3.C8H16O/c1-7(2)8(3)9(11)12-10(4,5)6;1-8(2)9(3)7-11-10(4,5)6;1-7(6-11-5)8(10)12-9(2,3)4;1-7(2)6-9-8(3,4)5/h1-6H3;7H2,1-6H3;1,6H2,2-5H3;6H,1-5H3. The summed E-state index contributed by atoms with van der Waals surface area (Å²) in [6.45, 7) is 43.8. The van der Waals surface area contributed by atoms with Crippen molar-refractivity contribution in [1.82, 2.24) is 0 Å². The fourth-order valence-corrected chi connectivity index (χ4v) is 1.91. The lowest BCUT2D eigenvalue weighted by Gasteiger charge is -2.20. The van der Waals surface area contributed by atoms with Crippen LogP contribution in [0.15, 0.2) is 46.3 Å². The van der Waals surface area contributed by atoms with Gasteiger partial charge in [0, 0.05) is 12.7 Å². The van der Waals surface area contributed by atoms with Gasteiger partial charge in [-0.05, 0) is 150 Å². The molecule has 0 radical (unpaired) electrons. The molecule has 0 saturated carbocycles. The van der Waals surface area contributed by atoms with Crippen LogP contribution in [0.2, 0.25) is 0 Å². The molecule has 0 aliphatic rings. The predicted molar refractivity (Wildman–Crippen MR) is 187 cm³/mol. The molecule has 0 N–H and O–H groups in total. The third kappa shape index (κ3) is 39.6. The van der Waals surface area contributed by atoms with Gasteiger partial charge in [0.2, 0.25) is 0 Å². The van der Waals surface area contributed by atoms with Gasteiger partial charge in [-0.3, -0.25) is 0 Å². The number of ether oxygens (including phenoxy) is 5. The van der Waals surface area contributed by atoms with E-state index in [1.165, 1.54) is 23.8 Å². The number of esters is 2. The molecule has 7 heteroatoms. The van der Waals surface area contributed by atoms with Gasteiger partial charge >= 0.3 is 11.9 Å². The lowest BCUT2D eigenvalue weighted by Crippen LogP contribution is -2.25. The Bertz CT molecular complexity index is 940. The van der Waals surface area contributed by atoms with Gasteiger partial charge < -0.3 is 23.7 Å². The maximum absolute atomic E-state index is 11.3. The quantitative estimate of drug-likeness (QED) is 0.120. The van der Waals surface area contributed by atoms with Crippen LogP contribution in [0, 0.1) is 0 Å². The Labute approximate surface area is 272 Å². The van der Waals surface area contributed by atoms with Crippen LogP contribution in [0.1, 0.15) is 138 Å². The second-order valence-electron chi connectivity index (χ2n) is 15.3. The van der Waals surface area contributed by atoms with Crippen LogP contribution in [-0.2, 0) is 33.3 Å². The minimum atomic E-state index is -0.465. The first-order valence-corrected chi connectivity index (χ1v) is 15.2. The van der Waals surface area contributed by atoms with E-state index >= 15 is 0 Å². The zero-order chi connectivity index (χ0) is 36.3. The van der Waals surface area contributed by atoms with Gasteiger partial charge in [-0.2, -0.15) is 0 Å². The molecule has 0 aromatic carbocycles. The predicted octanol–water partition coefficient (Wildman–Crippen LogP) is 10.1. The Kier molecular flexibility index (Phi) is 24.5. The number of carbonyl (C=O) groups is 2. The Morgan fingerprint density at radius 1 is 0.591 bits per heavy atom. The van der Waals surface area contributed by atoms with Crippen LogP contribution in [0.25, 0.3) is 0 Å². The van der Waals surface area contributed by atoms with Crippen molar-refractivity contribution < 1.29 is 33.3 Å². The summed E-state index contributed by atoms with van der Waals surface area (Å²) in [6, 6.07) is 0. The zero-order valence-corrected chi connectivity index (χ0v) is 32.6. The highest BCUT2D eigenvalue weighted by Crippen LogP contribution is 2.13. The Morgan fingerprint density at radius 3 is 1.25 bits per heavy atom. The Morgan fingerprint density at radius 2 is 1.00 bits per heavy atom. The minimum absolute atomic E-state index is 0.0172. The van der Waals surface area contributed by atoms with Gasteiger partial charge in [-0.25, -0.2) is 9.59 Å². The molecule has 0 rings (SSSR count). The molecule has 0 bridgehead atoms. The number of carbonyl (C=O) groups excluding carboxylic acids is 2. The number of rotatable bonds is 7. The Balaban J connectivity index is -0.000000244. The molecular weight excluding hydrogens is 556 g/mol. The molecule has 0 heterocycles. The molecule has 0 unspecified atom stereocenters. The van der Waals surface area contributed by atoms with E-state index in [0.717, 1.165) is 12.2 Å². The average molecular weight is 627 g/mol. The first-order chi connectivity index (χ1) is 19.3. The summed E-state index contributed by atoms with van der Waals surface area (Å²) in [7, 11) is 1.51. The van der Waals surface area contributed by atoms with Crippen molar-refractivity contribution >= 4 is 11.9 Å². The smallest absolute Gasteiger partial charge is 0.336 e. The van der Waals surface area contributed by atoms with E-state index in [0.29, 0.717) is 11.1 Å². The van der Waals surface area contributed by atoms with Crippen molar-refractivity contribution in [3.63, 3.8) is 0 Å². The number of methoxy groups -OCH3 is 1. The van der Waals surface area contributed by atoms with Gasteiger partial charge in [0.15, 0.2) is 0 Å². The van der Waals surface area contributed by atoms with Crippen molar-refractivity contribution in [1.29, 1.82) is 0 Å². The van der Waals surface area contributed by atoms with E-state index < -0.39 is 17.2 Å². The van der Waals surface area contributed by atoms with E-state index in [9.17, 15) is 9.59 Å². The number of hydrogen-bond acceptors (Lipinski definition) is 7. The minimum Gasteiger partial charge on any atom is -0.496 e. The van der Waals surface area contributed by atoms with Crippen LogP contribution < -0.4 is 0 Å². The van der Waals surface area contributed by atoms with Crippen LogP contribution in [0.4, 0.5) is 0 Å². The molecule has 0 aliphatic heterocycles. The Hall–Kier alpha value is -2.38. The van der Waals surface area contributed by atoms with Crippen molar-refractivity contribution in [2.45, 2.75) is 161 Å². The molecule has 0 fully saturated rings. The van der Waals surface area contributed by atoms with Gasteiger partial charge in [0.05, 0.1) is 36.3 Å². The summed E-state index contributed by atoms with van der Waals surface area (Å²) in [6.07, 6.45) is 1.79. The molecular formula is C37H70O7. The fourth-order valence-electron chi connectivity index (χ4n) is 1.91. The van der Waals surface area contributed by atoms with Crippen molar-refractivity contribution in [2.75, 3.05) is 20.3 Å². The summed E-state index contributed by atoms with van der Waals surface area (Å²) in [5, 5.41) is 0. The van der Waals surface area contributed by atoms with E-state index in [4.69, 9.17) is 23.7 Å². The topological polar surface area (TPSA) is 80.3 Å². The van der Waals surface area contributed by atoms with Crippen LogP contribution in [0.3, 0.4) is 0 Å². The first-order valence-electron chi connectivity index (χ1n) is 15.2. The van der Waals surface area contributed by atoms with E-state index in [1.54, 1.807) is 13.2 Å². The highest BCUT2D eigenvalue weighted by atomic mass is 16.6. The monoisotopic (exact) mass is 627 g/mol. The molecule has 0 amide bonds. The lowest BCUT2D eigenvalue weighted by atomic mass is 10.1. The molecule has 0 saturated heterocycles. The van der Waals surface area contributed by atoms with E-state index in [-0.39, 0.29) is 23.8 Å². The number of allylic oxidation sites excluding steroid dienone is 3. The molecule has 0 spiro atoms. The van der Waals surface area contributed by atoms with Gasteiger partial charge in [-0.1, -0.05) is 17.7 Å². The second-order valence-corrected chi connectivity index (χ2v) is 15.3. The van der Waals surface area contributed by atoms with Crippen LogP contribution in [0.5, 0.6) is 0 Å². The summed E-state index contributed by atoms with van der Waals surface area (Å²) >= 11 is 0. The summed E-state index contributed by atoms with van der Waals surface area (Å²) in [5.41, 5.74) is 5.01. The third-order valence-corrected chi connectivity index (χ3v) is 4.68. The largest absolute Gasteiger partial charge is 0.496 e. The SMILES string of the molecule is C=C(COC)C(=O)OC(C)(C)C.CC(C)=C(C)C(=O)OC(C)(C)C.CC(C)=C(C)COC(C)(C)C.CC(C)=COC(C)(C)C. The molecule has 7 nitrogen and oxygen atoms in total. The normalized spacial score (nSPS) is 11.0. The average Bonchev–Trinajstić information content (AvgIpc) is 2.79. The second kappa shape index (κ2) is 22.2. The lowest BCUT2D eigenvalue weighted by molar-refractivity contribution is -0.151. The van der Waals surface area contributed by atoms with Crippen molar-refractivity contribution in [2.24, 2.45) is 0 Å². The fraction of sp³-hybridized carbons (Fsp3) is 0.730. The third-order valence-electron chi connectivity index (χ3n) is 4.68. The molecule has 0 aromatic rings. The van der Waals surface area contributed by atoms with Gasteiger partial charge in [-0.15, -0.1) is 0 Å². The van der Waals surface area contributed by atoms with Crippen LogP contribution in [-0.4, -0.2) is 54.7 Å². The molecule has 44 heavy (non-hydrogen) atoms. The zero-order valence-electron chi connectivity index (χ0n) is 32.6. The van der Waals surface area contributed by atoms with E-state index in [2.05, 4.69) is 48.1 Å². The summed E-state index contributed by atoms with van der Waals surface area (Å²) in [4.78, 5) is 22.5. The molecule has 260 valence electrons. The maximum Gasteiger partial charge on any atom is 0.336 e. The number of hydrogen-bond donors (Lipinski definition) is 0. The molecule has 0 atom stereocenters. The van der Waals surface area contributed by atoms with Crippen molar-refractivity contribution in [3.8, 4) is 0 Å².